The van der Waals surface area contributed by atoms with Crippen molar-refractivity contribution in [3.63, 3.8) is 0 Å². The lowest BCUT2D eigenvalue weighted by Gasteiger charge is -2.11. The number of hydrogen-bond donors (Lipinski definition) is 1. The van der Waals surface area contributed by atoms with Crippen LogP contribution in [0.2, 0.25) is 0 Å². The molecule has 0 unspecified atom stereocenters. The molecule has 0 aliphatic rings. The summed E-state index contributed by atoms with van der Waals surface area (Å²) in [6.07, 6.45) is 0. The Kier molecular flexibility index (Phi) is 5.81. The molecular weight excluding hydrogens is 282 g/mol. The predicted molar refractivity (Wildman–Crippen MR) is 89.2 cm³/mol. The summed E-state index contributed by atoms with van der Waals surface area (Å²) in [7, 11) is 0. The highest BCUT2D eigenvalue weighted by molar-refractivity contribution is 7.98. The van der Waals surface area contributed by atoms with Crippen molar-refractivity contribution in [3.8, 4) is 11.5 Å². The lowest BCUT2D eigenvalue weighted by molar-refractivity contribution is 0.337. The van der Waals surface area contributed by atoms with Crippen LogP contribution in [0.3, 0.4) is 0 Å². The molecule has 0 fully saturated rings. The maximum atomic E-state index is 6.04. The first-order valence-corrected chi connectivity index (χ1v) is 8.09. The first-order valence-electron chi connectivity index (χ1n) is 7.10. The highest BCUT2D eigenvalue weighted by Crippen LogP contribution is 2.33. The lowest BCUT2D eigenvalue weighted by atomic mass is 10.2. The monoisotopic (exact) mass is 303 g/mol. The molecule has 0 bridgehead atoms. The van der Waals surface area contributed by atoms with E-state index in [9.17, 15) is 0 Å². The van der Waals surface area contributed by atoms with Crippen molar-refractivity contribution < 1.29 is 9.47 Å². The van der Waals surface area contributed by atoms with Gasteiger partial charge >= 0.3 is 0 Å². The minimum atomic E-state index is 0.654. The SMILES string of the molecule is CCOc1ccc(N)c(SCc2ccccc2OCC)c1. The molecule has 0 aliphatic heterocycles. The summed E-state index contributed by atoms with van der Waals surface area (Å²) in [5.41, 5.74) is 7.99. The fourth-order valence-electron chi connectivity index (χ4n) is 1.97. The smallest absolute Gasteiger partial charge is 0.123 e. The fourth-order valence-corrected chi connectivity index (χ4v) is 2.95. The van der Waals surface area contributed by atoms with Gasteiger partial charge in [0.25, 0.3) is 0 Å². The predicted octanol–water partition coefficient (Wildman–Crippen LogP) is 4.36. The highest BCUT2D eigenvalue weighted by atomic mass is 32.2. The second-order valence-electron chi connectivity index (χ2n) is 4.46. The lowest BCUT2D eigenvalue weighted by Crippen LogP contribution is -1.96. The molecule has 0 atom stereocenters. The van der Waals surface area contributed by atoms with Gasteiger partial charge in [0, 0.05) is 21.9 Å². The Balaban J connectivity index is 2.11. The first kappa shape index (κ1) is 15.6. The Morgan fingerprint density at radius 2 is 1.76 bits per heavy atom. The number of benzene rings is 2. The summed E-state index contributed by atoms with van der Waals surface area (Å²) in [5.74, 6) is 2.61. The van der Waals surface area contributed by atoms with Crippen molar-refractivity contribution in [1.82, 2.24) is 0 Å². The molecule has 2 aromatic rings. The van der Waals surface area contributed by atoms with E-state index in [1.807, 2.05) is 50.2 Å². The van der Waals surface area contributed by atoms with Gasteiger partial charge in [0.2, 0.25) is 0 Å². The molecule has 21 heavy (non-hydrogen) atoms. The van der Waals surface area contributed by atoms with Gasteiger partial charge in [-0.25, -0.2) is 0 Å². The standard InChI is InChI=1S/C17H21NO2S/c1-3-19-14-9-10-15(18)17(11-14)21-12-13-7-5-6-8-16(13)20-4-2/h5-11H,3-4,12,18H2,1-2H3. The zero-order chi connectivity index (χ0) is 15.1. The molecule has 4 heteroatoms. The number of rotatable bonds is 7. The number of nitrogens with two attached hydrogens (primary N) is 1. The Hall–Kier alpha value is -1.81. The van der Waals surface area contributed by atoms with E-state index in [1.165, 1.54) is 5.56 Å². The Morgan fingerprint density at radius 1 is 1.00 bits per heavy atom. The molecule has 2 rings (SSSR count). The van der Waals surface area contributed by atoms with Crippen molar-refractivity contribution in [2.24, 2.45) is 0 Å². The van der Waals surface area contributed by atoms with Gasteiger partial charge in [-0.2, -0.15) is 0 Å². The number of para-hydroxylation sites is 1. The normalized spacial score (nSPS) is 10.4. The van der Waals surface area contributed by atoms with Gasteiger partial charge in [0.1, 0.15) is 11.5 Å². The molecule has 0 saturated heterocycles. The van der Waals surface area contributed by atoms with Crippen LogP contribution in [0.25, 0.3) is 0 Å². The number of hydrogen-bond acceptors (Lipinski definition) is 4. The second kappa shape index (κ2) is 7.84. The van der Waals surface area contributed by atoms with Gasteiger partial charge in [-0.1, -0.05) is 18.2 Å². The Labute approximate surface area is 130 Å². The summed E-state index contributed by atoms with van der Waals surface area (Å²) < 4.78 is 11.2. The van der Waals surface area contributed by atoms with Gasteiger partial charge < -0.3 is 15.2 Å². The molecule has 0 spiro atoms. The molecule has 0 aromatic heterocycles. The zero-order valence-electron chi connectivity index (χ0n) is 12.5. The highest BCUT2D eigenvalue weighted by Gasteiger charge is 2.07. The third-order valence-corrected chi connectivity index (χ3v) is 4.07. The van der Waals surface area contributed by atoms with Gasteiger partial charge in [-0.3, -0.25) is 0 Å². The average molecular weight is 303 g/mol. The van der Waals surface area contributed by atoms with E-state index in [4.69, 9.17) is 15.2 Å². The summed E-state index contributed by atoms with van der Waals surface area (Å²) in [5, 5.41) is 0. The van der Waals surface area contributed by atoms with Gasteiger partial charge in [0.05, 0.1) is 13.2 Å². The van der Waals surface area contributed by atoms with Crippen LogP contribution in [0.15, 0.2) is 47.4 Å². The maximum absolute atomic E-state index is 6.04. The second-order valence-corrected chi connectivity index (χ2v) is 5.48. The van der Waals surface area contributed by atoms with Crippen LogP contribution >= 0.6 is 11.8 Å². The van der Waals surface area contributed by atoms with E-state index in [2.05, 4.69) is 6.07 Å². The summed E-state index contributed by atoms with van der Waals surface area (Å²) in [6.45, 7) is 5.29. The molecule has 2 N–H and O–H groups in total. The number of ether oxygens (including phenoxy) is 2. The quantitative estimate of drug-likeness (QED) is 0.610. The number of nitrogen functional groups attached to an aromatic ring is 1. The van der Waals surface area contributed by atoms with Crippen molar-refractivity contribution in [3.05, 3.63) is 48.0 Å². The molecule has 112 valence electrons. The summed E-state index contributed by atoms with van der Waals surface area (Å²) in [6, 6.07) is 13.9. The summed E-state index contributed by atoms with van der Waals surface area (Å²) in [4.78, 5) is 1.03. The molecule has 0 aliphatic carbocycles. The van der Waals surface area contributed by atoms with E-state index in [0.717, 1.165) is 27.8 Å². The largest absolute Gasteiger partial charge is 0.494 e. The third kappa shape index (κ3) is 4.33. The van der Waals surface area contributed by atoms with E-state index < -0.39 is 0 Å². The van der Waals surface area contributed by atoms with Gasteiger partial charge in [0.15, 0.2) is 0 Å². The molecular formula is C17H21NO2S. The Morgan fingerprint density at radius 3 is 2.52 bits per heavy atom. The minimum absolute atomic E-state index is 0.654. The van der Waals surface area contributed by atoms with Crippen LogP contribution in [0.1, 0.15) is 19.4 Å². The van der Waals surface area contributed by atoms with Crippen molar-refractivity contribution >= 4 is 17.4 Å². The van der Waals surface area contributed by atoms with Crippen molar-refractivity contribution in [1.29, 1.82) is 0 Å². The number of thioether (sulfide) groups is 1. The van der Waals surface area contributed by atoms with Gasteiger partial charge in [-0.15, -0.1) is 11.8 Å². The van der Waals surface area contributed by atoms with Crippen LogP contribution in [0, 0.1) is 0 Å². The molecule has 0 saturated carbocycles. The van der Waals surface area contributed by atoms with E-state index in [-0.39, 0.29) is 0 Å². The van der Waals surface area contributed by atoms with Crippen LogP contribution in [-0.2, 0) is 5.75 Å². The summed E-state index contributed by atoms with van der Waals surface area (Å²) >= 11 is 1.70. The minimum Gasteiger partial charge on any atom is -0.494 e. The van der Waals surface area contributed by atoms with Crippen LogP contribution in [0.5, 0.6) is 11.5 Å². The van der Waals surface area contributed by atoms with E-state index in [0.29, 0.717) is 13.2 Å². The molecule has 3 nitrogen and oxygen atoms in total. The third-order valence-electron chi connectivity index (χ3n) is 2.95. The average Bonchev–Trinajstić information content (AvgIpc) is 2.50. The maximum Gasteiger partial charge on any atom is 0.123 e. The molecule has 0 heterocycles. The van der Waals surface area contributed by atoms with Crippen molar-refractivity contribution in [2.75, 3.05) is 18.9 Å². The molecule has 0 radical (unpaired) electrons. The van der Waals surface area contributed by atoms with E-state index >= 15 is 0 Å². The van der Waals surface area contributed by atoms with Crippen LogP contribution in [-0.4, -0.2) is 13.2 Å². The van der Waals surface area contributed by atoms with Crippen molar-refractivity contribution in [2.45, 2.75) is 24.5 Å². The van der Waals surface area contributed by atoms with Crippen LogP contribution < -0.4 is 15.2 Å². The molecule has 2 aromatic carbocycles. The molecule has 0 amide bonds. The zero-order valence-corrected chi connectivity index (χ0v) is 13.3. The Bertz CT molecular complexity index is 587. The van der Waals surface area contributed by atoms with Crippen LogP contribution in [0.4, 0.5) is 5.69 Å². The fraction of sp³-hybridized carbons (Fsp3) is 0.294. The van der Waals surface area contributed by atoms with E-state index in [1.54, 1.807) is 11.8 Å². The first-order chi connectivity index (χ1) is 10.2. The van der Waals surface area contributed by atoms with Gasteiger partial charge in [-0.05, 0) is 38.1 Å². The topological polar surface area (TPSA) is 44.5 Å². The number of anilines is 1.